The Morgan fingerprint density at radius 2 is 1.81 bits per heavy atom. The molecule has 2 heterocycles. The van der Waals surface area contributed by atoms with Gasteiger partial charge in [0, 0.05) is 61.5 Å². The molecule has 47 heavy (non-hydrogen) atoms. The van der Waals surface area contributed by atoms with Crippen molar-refractivity contribution in [2.24, 2.45) is 0 Å². The molecule has 0 aliphatic carbocycles. The minimum atomic E-state index is -5.11. The Bertz CT molecular complexity index is 1800. The molecule has 1 saturated heterocycles. The van der Waals surface area contributed by atoms with E-state index in [0.717, 1.165) is 23.8 Å². The third kappa shape index (κ3) is 7.23. The van der Waals surface area contributed by atoms with Gasteiger partial charge >= 0.3 is 12.1 Å². The van der Waals surface area contributed by atoms with Crippen LogP contribution in [0, 0.1) is 15.9 Å². The van der Waals surface area contributed by atoms with E-state index >= 15 is 0 Å². The average Bonchev–Trinajstić information content (AvgIpc) is 3.39. The maximum absolute atomic E-state index is 14.9. The molecule has 2 N–H and O–H groups in total. The van der Waals surface area contributed by atoms with E-state index in [1.807, 2.05) is 0 Å². The van der Waals surface area contributed by atoms with Crippen molar-refractivity contribution in [1.82, 2.24) is 9.47 Å². The lowest BCUT2D eigenvalue weighted by atomic mass is 9.91. The highest BCUT2D eigenvalue weighted by atomic mass is 19.4. The van der Waals surface area contributed by atoms with Crippen LogP contribution >= 0.6 is 0 Å². The maximum atomic E-state index is 14.9. The lowest BCUT2D eigenvalue weighted by Gasteiger charge is -2.39. The number of carboxylic acid groups (broad SMARTS) is 1. The molecule has 1 unspecified atom stereocenters. The molecule has 1 fully saturated rings. The summed E-state index contributed by atoms with van der Waals surface area (Å²) < 4.78 is 72.0. The summed E-state index contributed by atoms with van der Waals surface area (Å²) >= 11 is 0. The average molecular weight is 658 g/mol. The molecule has 4 aromatic rings. The highest BCUT2D eigenvalue weighted by Crippen LogP contribution is 2.44. The van der Waals surface area contributed by atoms with E-state index in [-0.39, 0.29) is 66.1 Å². The smallest absolute Gasteiger partial charge is 0.422 e. The summed E-state index contributed by atoms with van der Waals surface area (Å²) in [7, 11) is 1.29. The number of aliphatic hydroxyl groups is 1. The number of nitrogens with zero attached hydrogens (tertiary/aromatic N) is 3. The lowest BCUT2D eigenvalue weighted by Crippen LogP contribution is -2.53. The topological polar surface area (TPSA) is 127 Å². The first-order valence-electron chi connectivity index (χ1n) is 14.6. The van der Waals surface area contributed by atoms with Crippen LogP contribution in [0.5, 0.6) is 11.5 Å². The molecule has 0 saturated carbocycles. The van der Waals surface area contributed by atoms with Gasteiger partial charge in [0.25, 0.3) is 5.69 Å². The van der Waals surface area contributed by atoms with Gasteiger partial charge in [-0.15, -0.1) is 0 Å². The van der Waals surface area contributed by atoms with E-state index in [1.165, 1.54) is 47.0 Å². The molecular weight excluding hydrogens is 626 g/mol. The zero-order chi connectivity index (χ0) is 33.9. The van der Waals surface area contributed by atoms with Gasteiger partial charge in [-0.3, -0.25) is 15.0 Å². The molecule has 248 valence electrons. The Balaban J connectivity index is 1.38. The number of rotatable bonds is 11. The van der Waals surface area contributed by atoms with Crippen molar-refractivity contribution in [1.29, 1.82) is 0 Å². The number of hydrogen-bond acceptors (Lipinski definition) is 7. The van der Waals surface area contributed by atoms with Gasteiger partial charge in [0.05, 0.1) is 17.5 Å². The normalized spacial score (nSPS) is 16.0. The molecule has 0 amide bonds. The van der Waals surface area contributed by atoms with Gasteiger partial charge in [0.15, 0.2) is 17.3 Å². The van der Waals surface area contributed by atoms with Crippen LogP contribution in [0.25, 0.3) is 17.0 Å². The number of aliphatic carboxylic acids is 1. The number of hydrogen-bond donors (Lipinski definition) is 2. The van der Waals surface area contributed by atoms with E-state index < -0.39 is 46.7 Å². The number of carbonyl (C=O) groups is 1. The number of methoxy groups -OCH3 is 1. The zero-order valence-corrected chi connectivity index (χ0v) is 25.1. The van der Waals surface area contributed by atoms with Gasteiger partial charge in [-0.1, -0.05) is 30.3 Å². The summed E-state index contributed by atoms with van der Waals surface area (Å²) in [6, 6.07) is 14.9. The second kappa shape index (κ2) is 13.4. The lowest BCUT2D eigenvalue weighted by molar-refractivity contribution is -0.384. The van der Waals surface area contributed by atoms with Crippen LogP contribution in [-0.2, 0) is 16.9 Å². The fourth-order valence-electron chi connectivity index (χ4n) is 5.76. The van der Waals surface area contributed by atoms with Crippen molar-refractivity contribution in [3.63, 3.8) is 0 Å². The monoisotopic (exact) mass is 657 g/mol. The summed E-state index contributed by atoms with van der Waals surface area (Å²) in [5.41, 5.74) is -2.89. The summed E-state index contributed by atoms with van der Waals surface area (Å²) in [6.45, 7) is -0.528. The number of fused-ring (bicyclic) bond motifs is 1. The molecule has 3 aromatic carbocycles. The number of benzene rings is 3. The molecular formula is C33H31F4N3O7. The largest absolute Gasteiger partial charge is 0.493 e. The van der Waals surface area contributed by atoms with Crippen LogP contribution in [0.3, 0.4) is 0 Å². The number of ether oxygens (including phenoxy) is 2. The highest BCUT2D eigenvalue weighted by molar-refractivity contribution is 5.87. The van der Waals surface area contributed by atoms with Gasteiger partial charge in [-0.2, -0.15) is 13.2 Å². The number of alkyl halides is 3. The van der Waals surface area contributed by atoms with Crippen molar-refractivity contribution < 1.29 is 47.0 Å². The van der Waals surface area contributed by atoms with E-state index in [1.54, 1.807) is 30.3 Å². The minimum absolute atomic E-state index is 0.0241. The third-order valence-electron chi connectivity index (χ3n) is 8.13. The first-order chi connectivity index (χ1) is 22.3. The Morgan fingerprint density at radius 3 is 2.43 bits per heavy atom. The van der Waals surface area contributed by atoms with Crippen LogP contribution in [0.1, 0.15) is 29.5 Å². The fraction of sp³-hybridized carbons (Fsp3) is 0.303. The molecule has 14 heteroatoms. The van der Waals surface area contributed by atoms with E-state index in [4.69, 9.17) is 14.6 Å². The second-order valence-electron chi connectivity index (χ2n) is 11.3. The summed E-state index contributed by atoms with van der Waals surface area (Å²) in [4.78, 5) is 23.1. The number of nitro groups is 1. The van der Waals surface area contributed by atoms with Crippen molar-refractivity contribution in [3.05, 3.63) is 106 Å². The van der Waals surface area contributed by atoms with Crippen molar-refractivity contribution in [3.8, 4) is 11.5 Å². The highest BCUT2D eigenvalue weighted by Gasteiger charge is 2.57. The zero-order valence-electron chi connectivity index (χ0n) is 25.1. The third-order valence-corrected chi connectivity index (χ3v) is 8.13. The van der Waals surface area contributed by atoms with E-state index in [9.17, 15) is 37.6 Å². The maximum Gasteiger partial charge on any atom is 0.422 e. The Labute approximate surface area is 266 Å². The minimum Gasteiger partial charge on any atom is -0.493 e. The SMILES string of the molecule is COc1cc(C=CC(=O)O)cc(F)c1OC1CCN(CC(O)(c2cn(Cc3ccccc3)c3cc([N+](=O)[O-])ccc23)C(F)(F)F)CC1. The first kappa shape index (κ1) is 33.4. The second-order valence-corrected chi connectivity index (χ2v) is 11.3. The summed E-state index contributed by atoms with van der Waals surface area (Å²) in [5.74, 6) is -2.19. The number of non-ortho nitro benzene ring substituents is 1. The van der Waals surface area contributed by atoms with Gasteiger partial charge < -0.3 is 24.3 Å². The number of carboxylic acids is 1. The predicted molar refractivity (Wildman–Crippen MR) is 164 cm³/mol. The number of nitro benzene ring substituents is 1. The number of β-amino-alcohol motifs (C(OH)–C–C–N with tert-alkyl or cyclic N) is 1. The first-order valence-corrected chi connectivity index (χ1v) is 14.6. The van der Waals surface area contributed by atoms with Crippen LogP contribution in [0.2, 0.25) is 0 Å². The van der Waals surface area contributed by atoms with Crippen molar-refractivity contribution in [2.45, 2.75) is 37.3 Å². The number of halogens is 4. The summed E-state index contributed by atoms with van der Waals surface area (Å²) in [6.07, 6.45) is -2.03. The van der Waals surface area contributed by atoms with Crippen LogP contribution in [0.15, 0.2) is 72.9 Å². The van der Waals surface area contributed by atoms with Crippen LogP contribution < -0.4 is 9.47 Å². The molecule has 1 aromatic heterocycles. The van der Waals surface area contributed by atoms with Crippen molar-refractivity contribution >= 4 is 28.6 Å². The van der Waals surface area contributed by atoms with Crippen LogP contribution in [-0.4, -0.2) is 69.6 Å². The van der Waals surface area contributed by atoms with Gasteiger partial charge in [-0.05, 0) is 48.2 Å². The van der Waals surface area contributed by atoms with E-state index in [2.05, 4.69) is 0 Å². The molecule has 1 aliphatic rings. The number of piperidine rings is 1. The fourth-order valence-corrected chi connectivity index (χ4v) is 5.76. The molecule has 1 aliphatic heterocycles. The molecule has 0 radical (unpaired) electrons. The van der Waals surface area contributed by atoms with E-state index in [0.29, 0.717) is 0 Å². The van der Waals surface area contributed by atoms with Crippen molar-refractivity contribution in [2.75, 3.05) is 26.7 Å². The predicted octanol–water partition coefficient (Wildman–Crippen LogP) is 6.14. The Hall–Kier alpha value is -4.95. The van der Waals surface area contributed by atoms with Gasteiger partial charge in [0.1, 0.15) is 6.10 Å². The molecule has 1 atom stereocenters. The number of aromatic nitrogens is 1. The quantitative estimate of drug-likeness (QED) is 0.0853. The standard InChI is InChI=1S/C33H31F4N3O7/c1-46-29-16-22(7-10-30(41)42)15-27(34)31(29)47-24-11-13-38(14-12-24)20-32(43,33(35,36)37)26-19-39(18-21-5-3-2-4-6-21)28-17-23(40(44)45)8-9-25(26)28/h2-10,15-17,19,24,43H,11-14,18,20H2,1H3,(H,41,42). The van der Waals surface area contributed by atoms with Gasteiger partial charge in [0.2, 0.25) is 5.60 Å². The summed E-state index contributed by atoms with van der Waals surface area (Å²) in [5, 5.41) is 31.9. The Kier molecular flexibility index (Phi) is 9.54. The molecule has 0 spiro atoms. The molecule has 0 bridgehead atoms. The van der Waals surface area contributed by atoms with Gasteiger partial charge in [-0.25, -0.2) is 9.18 Å². The number of likely N-dealkylation sites (tertiary alicyclic amines) is 1. The molecule has 10 nitrogen and oxygen atoms in total. The van der Waals surface area contributed by atoms with Crippen LogP contribution in [0.4, 0.5) is 23.2 Å². The Morgan fingerprint density at radius 1 is 1.11 bits per heavy atom. The molecule has 5 rings (SSSR count).